The molecule has 1 aromatic carbocycles. The van der Waals surface area contributed by atoms with Crippen molar-refractivity contribution in [2.75, 3.05) is 6.61 Å². The predicted molar refractivity (Wildman–Crippen MR) is 58.6 cm³/mol. The number of hydrogen-bond donors (Lipinski definition) is 1. The number of benzene rings is 1. The van der Waals surface area contributed by atoms with Crippen molar-refractivity contribution in [3.8, 4) is 0 Å². The van der Waals surface area contributed by atoms with Crippen LogP contribution in [0.15, 0.2) is 18.2 Å². The lowest BCUT2D eigenvalue weighted by molar-refractivity contribution is -0.386. The fraction of sp³-hybridized carbons (Fsp3) is 0.200. The number of ether oxygens (including phenoxy) is 1. The van der Waals surface area contributed by atoms with Crippen molar-refractivity contribution in [3.63, 3.8) is 0 Å². The lowest BCUT2D eigenvalue weighted by Crippen LogP contribution is -2.34. The second-order valence-electron chi connectivity index (χ2n) is 3.66. The van der Waals surface area contributed by atoms with Crippen LogP contribution in [0.4, 0.5) is 10.5 Å². The van der Waals surface area contributed by atoms with Gasteiger partial charge < -0.3 is 4.74 Å². The van der Waals surface area contributed by atoms with E-state index in [2.05, 4.69) is 0 Å². The minimum Gasteiger partial charge on any atom is -0.446 e. The van der Waals surface area contributed by atoms with Gasteiger partial charge in [-0.2, -0.15) is 0 Å². The van der Waals surface area contributed by atoms with Gasteiger partial charge in [-0.05, 0) is 12.1 Å². The zero-order valence-corrected chi connectivity index (χ0v) is 9.11. The third-order valence-corrected chi connectivity index (χ3v) is 2.68. The molecule has 0 aliphatic carbocycles. The Kier molecular flexibility index (Phi) is 2.94. The highest BCUT2D eigenvalue weighted by Gasteiger charge is 2.37. The van der Waals surface area contributed by atoms with E-state index in [0.29, 0.717) is 6.29 Å². The summed E-state index contributed by atoms with van der Waals surface area (Å²) in [5.74, 6) is 5.46. The predicted octanol–water partition coefficient (Wildman–Crippen LogP) is 0.774. The molecule has 1 aliphatic heterocycles. The molecule has 1 saturated heterocycles. The standard InChI is InChI=1S/C10H9N3O5/c11-12-8(5-18-10(12)15)7-3-1-2-6(4-14)9(7)13(16)17/h1-4,8H,5,11H2. The minimum absolute atomic E-state index is 0.0646. The molecule has 1 aromatic rings. The SMILES string of the molecule is NN1C(=O)OCC1c1cccc(C=O)c1[N+](=O)[O-]. The van der Waals surface area contributed by atoms with E-state index in [-0.39, 0.29) is 23.4 Å². The topological polar surface area (TPSA) is 116 Å². The van der Waals surface area contributed by atoms with Crippen LogP contribution in [0.2, 0.25) is 0 Å². The van der Waals surface area contributed by atoms with Crippen molar-refractivity contribution >= 4 is 18.1 Å². The van der Waals surface area contributed by atoms with Crippen LogP contribution in [0.5, 0.6) is 0 Å². The Morgan fingerprint density at radius 1 is 1.56 bits per heavy atom. The molecule has 1 atom stereocenters. The van der Waals surface area contributed by atoms with Gasteiger partial charge in [-0.1, -0.05) is 6.07 Å². The number of nitrogens with two attached hydrogens (primary N) is 1. The molecule has 18 heavy (non-hydrogen) atoms. The quantitative estimate of drug-likeness (QED) is 0.279. The van der Waals surface area contributed by atoms with E-state index in [9.17, 15) is 19.7 Å². The number of nitro groups is 1. The van der Waals surface area contributed by atoms with Gasteiger partial charge >= 0.3 is 6.09 Å². The molecule has 0 spiro atoms. The minimum atomic E-state index is -0.766. The Bertz CT molecular complexity index is 530. The number of aldehydes is 1. The van der Waals surface area contributed by atoms with E-state index in [4.69, 9.17) is 10.6 Å². The van der Waals surface area contributed by atoms with Crippen LogP contribution in [-0.4, -0.2) is 28.9 Å². The number of hydrazine groups is 1. The van der Waals surface area contributed by atoms with Crippen molar-refractivity contribution in [1.82, 2.24) is 5.01 Å². The number of nitro benzene ring substituents is 1. The number of para-hydroxylation sites is 1. The number of rotatable bonds is 3. The Balaban J connectivity index is 2.54. The molecule has 2 N–H and O–H groups in total. The van der Waals surface area contributed by atoms with Gasteiger partial charge in [0.05, 0.1) is 16.1 Å². The van der Waals surface area contributed by atoms with Crippen LogP contribution < -0.4 is 5.84 Å². The second kappa shape index (κ2) is 4.41. The molecule has 8 nitrogen and oxygen atoms in total. The number of carbonyl (C=O) groups is 2. The van der Waals surface area contributed by atoms with Crippen LogP contribution >= 0.6 is 0 Å². The fourth-order valence-corrected chi connectivity index (χ4v) is 1.83. The summed E-state index contributed by atoms with van der Waals surface area (Å²) >= 11 is 0. The van der Waals surface area contributed by atoms with Crippen LogP contribution in [0.3, 0.4) is 0 Å². The highest BCUT2D eigenvalue weighted by Crippen LogP contribution is 2.33. The van der Waals surface area contributed by atoms with Crippen LogP contribution in [-0.2, 0) is 4.74 Å². The van der Waals surface area contributed by atoms with Crippen LogP contribution in [0, 0.1) is 10.1 Å². The van der Waals surface area contributed by atoms with Gasteiger partial charge in [-0.3, -0.25) is 14.9 Å². The second-order valence-corrected chi connectivity index (χ2v) is 3.66. The third kappa shape index (κ3) is 1.78. The third-order valence-electron chi connectivity index (χ3n) is 2.68. The smallest absolute Gasteiger partial charge is 0.424 e. The zero-order chi connectivity index (χ0) is 13.3. The molecule has 0 aromatic heterocycles. The highest BCUT2D eigenvalue weighted by atomic mass is 16.6. The number of cyclic esters (lactones) is 1. The van der Waals surface area contributed by atoms with E-state index in [1.807, 2.05) is 0 Å². The van der Waals surface area contributed by atoms with E-state index >= 15 is 0 Å². The van der Waals surface area contributed by atoms with Crippen LogP contribution in [0.1, 0.15) is 22.0 Å². The Morgan fingerprint density at radius 3 is 2.78 bits per heavy atom. The van der Waals surface area contributed by atoms with E-state index < -0.39 is 17.1 Å². The molecule has 0 radical (unpaired) electrons. The maximum absolute atomic E-state index is 11.1. The first-order valence-electron chi connectivity index (χ1n) is 4.99. The normalized spacial score (nSPS) is 18.6. The van der Waals surface area contributed by atoms with Gasteiger partial charge in [0.1, 0.15) is 12.6 Å². The Hall–Kier alpha value is -2.48. The number of amides is 1. The molecule has 1 amide bonds. The van der Waals surface area contributed by atoms with Gasteiger partial charge in [0.25, 0.3) is 5.69 Å². The first-order valence-corrected chi connectivity index (χ1v) is 4.99. The van der Waals surface area contributed by atoms with Crippen molar-refractivity contribution in [2.24, 2.45) is 5.84 Å². The summed E-state index contributed by atoms with van der Waals surface area (Å²) in [5, 5.41) is 11.8. The Labute approximate surface area is 101 Å². The maximum Gasteiger partial charge on any atom is 0.424 e. The molecular weight excluding hydrogens is 242 g/mol. The van der Waals surface area contributed by atoms with E-state index in [0.717, 1.165) is 5.01 Å². The molecule has 94 valence electrons. The summed E-state index contributed by atoms with van der Waals surface area (Å²) in [6, 6.07) is 3.49. The molecule has 2 rings (SSSR count). The van der Waals surface area contributed by atoms with Crippen molar-refractivity contribution in [2.45, 2.75) is 6.04 Å². The van der Waals surface area contributed by atoms with Crippen molar-refractivity contribution in [3.05, 3.63) is 39.4 Å². The summed E-state index contributed by atoms with van der Waals surface area (Å²) in [4.78, 5) is 32.3. The maximum atomic E-state index is 11.1. The fourth-order valence-electron chi connectivity index (χ4n) is 1.83. The largest absolute Gasteiger partial charge is 0.446 e. The lowest BCUT2D eigenvalue weighted by Gasteiger charge is -2.16. The summed E-state index contributed by atoms with van der Waals surface area (Å²) in [5.41, 5.74) is -0.241. The first kappa shape index (κ1) is 12.0. The van der Waals surface area contributed by atoms with Crippen molar-refractivity contribution in [1.29, 1.82) is 0 Å². The summed E-state index contributed by atoms with van der Waals surface area (Å²) in [6.07, 6.45) is -0.370. The molecular formula is C10H9N3O5. The molecule has 1 unspecified atom stereocenters. The first-order chi connectivity index (χ1) is 8.56. The van der Waals surface area contributed by atoms with E-state index in [1.54, 1.807) is 0 Å². The monoisotopic (exact) mass is 251 g/mol. The molecule has 8 heteroatoms. The summed E-state index contributed by atoms with van der Waals surface area (Å²) < 4.78 is 4.69. The summed E-state index contributed by atoms with van der Waals surface area (Å²) in [7, 11) is 0. The van der Waals surface area contributed by atoms with Gasteiger partial charge in [-0.15, -0.1) is 0 Å². The van der Waals surface area contributed by atoms with Gasteiger partial charge in [0, 0.05) is 0 Å². The summed E-state index contributed by atoms with van der Waals surface area (Å²) in [6.45, 7) is -0.0848. The average Bonchev–Trinajstić information content (AvgIpc) is 2.69. The average molecular weight is 251 g/mol. The van der Waals surface area contributed by atoms with Crippen molar-refractivity contribution < 1.29 is 19.2 Å². The van der Waals surface area contributed by atoms with Gasteiger partial charge in [0.15, 0.2) is 6.29 Å². The molecule has 0 bridgehead atoms. The van der Waals surface area contributed by atoms with Crippen LogP contribution in [0.25, 0.3) is 0 Å². The van der Waals surface area contributed by atoms with Gasteiger partial charge in [0.2, 0.25) is 0 Å². The number of carbonyl (C=O) groups excluding carboxylic acids is 2. The number of hydrogen-bond acceptors (Lipinski definition) is 6. The Morgan fingerprint density at radius 2 is 2.28 bits per heavy atom. The molecule has 1 aliphatic rings. The highest BCUT2D eigenvalue weighted by molar-refractivity contribution is 5.83. The molecule has 1 heterocycles. The van der Waals surface area contributed by atoms with E-state index in [1.165, 1.54) is 18.2 Å². The zero-order valence-electron chi connectivity index (χ0n) is 9.11. The van der Waals surface area contributed by atoms with Gasteiger partial charge in [-0.25, -0.2) is 15.6 Å². The number of nitrogens with zero attached hydrogens (tertiary/aromatic N) is 2. The molecule has 1 fully saturated rings. The lowest BCUT2D eigenvalue weighted by atomic mass is 10.0. The molecule has 0 saturated carbocycles.